The Bertz CT molecular complexity index is 501. The van der Waals surface area contributed by atoms with E-state index in [1.165, 1.54) is 11.1 Å². The maximum Gasteiger partial charge on any atom is 0.226 e. The van der Waals surface area contributed by atoms with Crippen molar-refractivity contribution in [1.82, 2.24) is 4.90 Å². The van der Waals surface area contributed by atoms with Crippen LogP contribution in [0.25, 0.3) is 0 Å². The van der Waals surface area contributed by atoms with E-state index < -0.39 is 0 Å². The molecular formula is C17H25NO3. The topological polar surface area (TPSA) is 49.8 Å². The number of amides is 1. The fourth-order valence-corrected chi connectivity index (χ4v) is 2.80. The fraction of sp³-hybridized carbons (Fsp3) is 0.588. The summed E-state index contributed by atoms with van der Waals surface area (Å²) in [4.78, 5) is 14.0. The maximum atomic E-state index is 12.2. The number of aliphatic hydroxyl groups excluding tert-OH is 1. The summed E-state index contributed by atoms with van der Waals surface area (Å²) >= 11 is 0. The number of carbonyl (C=O) groups excluding carboxylic acids is 1. The lowest BCUT2D eigenvalue weighted by Gasteiger charge is -2.25. The molecule has 21 heavy (non-hydrogen) atoms. The van der Waals surface area contributed by atoms with Gasteiger partial charge in [0.2, 0.25) is 5.91 Å². The Balaban J connectivity index is 1.83. The molecule has 1 aromatic carbocycles. The van der Waals surface area contributed by atoms with Crippen LogP contribution in [0.1, 0.15) is 30.9 Å². The third-order valence-corrected chi connectivity index (χ3v) is 4.45. The van der Waals surface area contributed by atoms with Crippen LogP contribution in [0.3, 0.4) is 0 Å². The zero-order valence-electron chi connectivity index (χ0n) is 13.1. The van der Waals surface area contributed by atoms with Gasteiger partial charge in [0.05, 0.1) is 25.7 Å². The van der Waals surface area contributed by atoms with Gasteiger partial charge in [0.15, 0.2) is 0 Å². The van der Waals surface area contributed by atoms with Crippen molar-refractivity contribution in [1.29, 1.82) is 0 Å². The number of benzene rings is 1. The van der Waals surface area contributed by atoms with E-state index in [1.807, 2.05) is 25.1 Å². The van der Waals surface area contributed by atoms with Gasteiger partial charge in [-0.3, -0.25) is 4.79 Å². The minimum atomic E-state index is -0.0286. The first-order chi connectivity index (χ1) is 10.0. The first-order valence-electron chi connectivity index (χ1n) is 7.63. The Morgan fingerprint density at radius 1 is 1.38 bits per heavy atom. The van der Waals surface area contributed by atoms with Crippen molar-refractivity contribution in [3.8, 4) is 5.75 Å². The normalized spacial score (nSPS) is 21.6. The van der Waals surface area contributed by atoms with Crippen molar-refractivity contribution >= 4 is 5.91 Å². The van der Waals surface area contributed by atoms with Gasteiger partial charge in [-0.25, -0.2) is 0 Å². The largest absolute Gasteiger partial charge is 0.493 e. The van der Waals surface area contributed by atoms with Crippen LogP contribution >= 0.6 is 0 Å². The van der Waals surface area contributed by atoms with Gasteiger partial charge in [-0.15, -0.1) is 0 Å². The van der Waals surface area contributed by atoms with E-state index in [2.05, 4.69) is 13.8 Å². The molecule has 2 atom stereocenters. The first-order valence-corrected chi connectivity index (χ1v) is 7.63. The second kappa shape index (κ2) is 6.94. The van der Waals surface area contributed by atoms with Crippen molar-refractivity contribution in [3.63, 3.8) is 0 Å². The number of hydrogen-bond acceptors (Lipinski definition) is 3. The van der Waals surface area contributed by atoms with Crippen LogP contribution in [0.15, 0.2) is 18.2 Å². The number of aliphatic hydroxyl groups is 1. The summed E-state index contributed by atoms with van der Waals surface area (Å²) in [6, 6.07) is 5.92. The monoisotopic (exact) mass is 291 g/mol. The Morgan fingerprint density at radius 3 is 2.81 bits per heavy atom. The van der Waals surface area contributed by atoms with Crippen molar-refractivity contribution in [3.05, 3.63) is 29.3 Å². The molecular weight excluding hydrogens is 266 g/mol. The molecule has 1 fully saturated rings. The number of likely N-dealkylation sites (tertiary alicyclic amines) is 1. The summed E-state index contributed by atoms with van der Waals surface area (Å²) in [7, 11) is 0. The predicted octanol–water partition coefficient (Wildman–Crippen LogP) is 2.30. The van der Waals surface area contributed by atoms with Gasteiger partial charge in [0, 0.05) is 6.54 Å². The van der Waals surface area contributed by atoms with Gasteiger partial charge in [0.1, 0.15) is 5.75 Å². The molecule has 0 saturated carbocycles. The lowest BCUT2D eigenvalue weighted by Crippen LogP contribution is -2.40. The van der Waals surface area contributed by atoms with Crippen LogP contribution in [0, 0.1) is 19.8 Å². The van der Waals surface area contributed by atoms with Crippen LogP contribution in [-0.4, -0.2) is 41.7 Å². The molecule has 1 heterocycles. The maximum absolute atomic E-state index is 12.2. The minimum absolute atomic E-state index is 0.0286. The molecule has 1 amide bonds. The van der Waals surface area contributed by atoms with Gasteiger partial charge >= 0.3 is 0 Å². The molecule has 1 saturated heterocycles. The van der Waals surface area contributed by atoms with Gasteiger partial charge in [-0.05, 0) is 49.4 Å². The summed E-state index contributed by atoms with van der Waals surface area (Å²) < 4.78 is 5.66. The van der Waals surface area contributed by atoms with E-state index in [1.54, 1.807) is 4.90 Å². The molecule has 0 radical (unpaired) electrons. The van der Waals surface area contributed by atoms with E-state index >= 15 is 0 Å². The first kappa shape index (κ1) is 15.8. The standard InChI is InChI=1S/C17H25NO3/c1-12-4-5-15(10-14(12)3)21-9-7-17(20)18-8-6-13(2)16(18)11-19/h4-5,10,13,16,19H,6-9,11H2,1-3H3. The fourth-order valence-electron chi connectivity index (χ4n) is 2.80. The third kappa shape index (κ3) is 3.76. The van der Waals surface area contributed by atoms with Crippen molar-refractivity contribution in [2.24, 2.45) is 5.92 Å². The van der Waals surface area contributed by atoms with Gasteiger partial charge in [-0.1, -0.05) is 13.0 Å². The molecule has 2 rings (SSSR count). The van der Waals surface area contributed by atoms with E-state index in [0.29, 0.717) is 18.9 Å². The Hall–Kier alpha value is -1.55. The number of hydrogen-bond donors (Lipinski definition) is 1. The molecule has 0 bridgehead atoms. The van der Waals surface area contributed by atoms with E-state index in [-0.39, 0.29) is 18.6 Å². The summed E-state index contributed by atoms with van der Waals surface area (Å²) in [5, 5.41) is 9.39. The molecule has 0 spiro atoms. The highest BCUT2D eigenvalue weighted by Crippen LogP contribution is 2.24. The van der Waals surface area contributed by atoms with Gasteiger partial charge in [-0.2, -0.15) is 0 Å². The molecule has 1 aliphatic heterocycles. The zero-order valence-corrected chi connectivity index (χ0v) is 13.1. The highest BCUT2D eigenvalue weighted by Gasteiger charge is 2.33. The highest BCUT2D eigenvalue weighted by atomic mass is 16.5. The molecule has 4 nitrogen and oxygen atoms in total. The van der Waals surface area contributed by atoms with Gasteiger partial charge < -0.3 is 14.7 Å². The third-order valence-electron chi connectivity index (χ3n) is 4.45. The Kier molecular flexibility index (Phi) is 5.23. The molecule has 116 valence electrons. The number of ether oxygens (including phenoxy) is 1. The number of rotatable bonds is 5. The number of nitrogens with zero attached hydrogens (tertiary/aromatic N) is 1. The lowest BCUT2D eigenvalue weighted by molar-refractivity contribution is -0.133. The number of aryl methyl sites for hydroxylation is 2. The summed E-state index contributed by atoms with van der Waals surface area (Å²) in [5.74, 6) is 1.25. The molecule has 0 aliphatic carbocycles. The van der Waals surface area contributed by atoms with E-state index in [0.717, 1.165) is 18.7 Å². The molecule has 1 aliphatic rings. The SMILES string of the molecule is Cc1ccc(OCCC(=O)N2CCC(C)C2CO)cc1C. The van der Waals surface area contributed by atoms with Crippen LogP contribution in [0.5, 0.6) is 5.75 Å². The highest BCUT2D eigenvalue weighted by molar-refractivity contribution is 5.77. The lowest BCUT2D eigenvalue weighted by atomic mass is 10.0. The van der Waals surface area contributed by atoms with Crippen molar-refractivity contribution in [2.75, 3.05) is 19.8 Å². The van der Waals surface area contributed by atoms with Gasteiger partial charge in [0.25, 0.3) is 0 Å². The summed E-state index contributed by atoms with van der Waals surface area (Å²) in [6.45, 7) is 7.36. The van der Waals surface area contributed by atoms with Crippen LogP contribution in [0.2, 0.25) is 0 Å². The van der Waals surface area contributed by atoms with Crippen LogP contribution < -0.4 is 4.74 Å². The van der Waals surface area contributed by atoms with Crippen molar-refractivity contribution < 1.29 is 14.6 Å². The smallest absolute Gasteiger partial charge is 0.226 e. The van der Waals surface area contributed by atoms with Crippen LogP contribution in [-0.2, 0) is 4.79 Å². The predicted molar refractivity (Wildman–Crippen MR) is 82.4 cm³/mol. The summed E-state index contributed by atoms with van der Waals surface area (Å²) in [5.41, 5.74) is 2.42. The zero-order chi connectivity index (χ0) is 15.4. The average Bonchev–Trinajstić information content (AvgIpc) is 2.83. The van der Waals surface area contributed by atoms with E-state index in [4.69, 9.17) is 4.74 Å². The molecule has 4 heteroatoms. The van der Waals surface area contributed by atoms with Crippen molar-refractivity contribution in [2.45, 2.75) is 39.7 Å². The Labute approximate surface area is 126 Å². The minimum Gasteiger partial charge on any atom is -0.493 e. The number of carbonyl (C=O) groups is 1. The average molecular weight is 291 g/mol. The van der Waals surface area contributed by atoms with E-state index in [9.17, 15) is 9.90 Å². The second-order valence-electron chi connectivity index (χ2n) is 5.95. The molecule has 1 aromatic rings. The molecule has 0 aromatic heterocycles. The quantitative estimate of drug-likeness (QED) is 0.905. The molecule has 2 unspecified atom stereocenters. The Morgan fingerprint density at radius 2 is 2.14 bits per heavy atom. The van der Waals surface area contributed by atoms with Crippen LogP contribution in [0.4, 0.5) is 0 Å². The second-order valence-corrected chi connectivity index (χ2v) is 5.95. The summed E-state index contributed by atoms with van der Waals surface area (Å²) in [6.07, 6.45) is 1.32. The molecule has 1 N–H and O–H groups in total.